The molecule has 20 heavy (non-hydrogen) atoms. The van der Waals surface area contributed by atoms with Crippen molar-refractivity contribution in [1.82, 2.24) is 30.4 Å². The highest BCUT2D eigenvalue weighted by atomic mass is 16.2. The molecule has 2 aromatic heterocycles. The van der Waals surface area contributed by atoms with Gasteiger partial charge >= 0.3 is 6.03 Å². The molecule has 7 heteroatoms. The molecule has 2 aromatic rings. The molecule has 0 spiro atoms. The molecule has 106 valence electrons. The van der Waals surface area contributed by atoms with Gasteiger partial charge in [0.25, 0.3) is 0 Å². The zero-order chi connectivity index (χ0) is 14.5. The number of carbonyl (C=O) groups excluding carboxylic acids is 1. The van der Waals surface area contributed by atoms with E-state index in [-0.39, 0.29) is 18.1 Å². The number of hydrogen-bond acceptors (Lipinski definition) is 4. The van der Waals surface area contributed by atoms with Crippen molar-refractivity contribution in [3.63, 3.8) is 0 Å². The third kappa shape index (κ3) is 3.31. The van der Waals surface area contributed by atoms with Crippen LogP contribution >= 0.6 is 0 Å². The van der Waals surface area contributed by atoms with Crippen molar-refractivity contribution in [2.75, 3.05) is 0 Å². The minimum absolute atomic E-state index is 0.115. The first-order valence-corrected chi connectivity index (χ1v) is 6.38. The third-order valence-electron chi connectivity index (χ3n) is 3.01. The van der Waals surface area contributed by atoms with Gasteiger partial charge in [0.15, 0.2) is 5.82 Å². The molecule has 0 aliphatic heterocycles. The molecule has 0 aromatic carbocycles. The number of urea groups is 1. The van der Waals surface area contributed by atoms with E-state index in [1.807, 2.05) is 33.0 Å². The summed E-state index contributed by atoms with van der Waals surface area (Å²) in [5.74, 6) is 0.703. The predicted octanol–water partition coefficient (Wildman–Crippen LogP) is 1.33. The smallest absolute Gasteiger partial charge is 0.315 e. The first kappa shape index (κ1) is 14.0. The predicted molar refractivity (Wildman–Crippen MR) is 73.7 cm³/mol. The average Bonchev–Trinajstić information content (AvgIpc) is 2.86. The molecule has 2 N–H and O–H groups in total. The van der Waals surface area contributed by atoms with Gasteiger partial charge in [-0.15, -0.1) is 10.2 Å². The first-order valence-electron chi connectivity index (χ1n) is 6.38. The Morgan fingerprint density at radius 3 is 2.65 bits per heavy atom. The maximum absolute atomic E-state index is 11.9. The van der Waals surface area contributed by atoms with E-state index < -0.39 is 0 Å². The molecule has 2 unspecified atom stereocenters. The summed E-state index contributed by atoms with van der Waals surface area (Å²) in [6, 6.07) is 3.17. The lowest BCUT2D eigenvalue weighted by Crippen LogP contribution is -2.39. The molecule has 2 heterocycles. The maximum Gasteiger partial charge on any atom is 0.315 e. The molecule has 2 rings (SSSR count). The Balaban J connectivity index is 1.91. The Labute approximate surface area is 117 Å². The summed E-state index contributed by atoms with van der Waals surface area (Å²) < 4.78 is 1.77. The number of aryl methyl sites for hydroxylation is 1. The molecule has 0 saturated heterocycles. The number of pyridine rings is 1. The largest absolute Gasteiger partial charge is 0.332 e. The van der Waals surface area contributed by atoms with E-state index in [0.717, 1.165) is 5.56 Å². The molecule has 2 atom stereocenters. The van der Waals surface area contributed by atoms with Gasteiger partial charge in [-0.05, 0) is 25.5 Å². The highest BCUT2D eigenvalue weighted by Crippen LogP contribution is 2.11. The number of nitrogens with one attached hydrogen (secondary N) is 2. The molecule has 0 radical (unpaired) electrons. The minimum Gasteiger partial charge on any atom is -0.332 e. The minimum atomic E-state index is -0.253. The van der Waals surface area contributed by atoms with Crippen molar-refractivity contribution >= 4 is 6.03 Å². The lowest BCUT2D eigenvalue weighted by molar-refractivity contribution is 0.234. The summed E-state index contributed by atoms with van der Waals surface area (Å²) in [6.07, 6.45) is 5.03. The SMILES string of the molecule is CC(NC(=O)NC(C)c1nncn1C)c1cccnc1. The van der Waals surface area contributed by atoms with Gasteiger partial charge in [-0.2, -0.15) is 0 Å². The fraction of sp³-hybridized carbons (Fsp3) is 0.385. The van der Waals surface area contributed by atoms with Crippen LogP contribution in [0.25, 0.3) is 0 Å². The Kier molecular flexibility index (Phi) is 4.29. The van der Waals surface area contributed by atoms with Crippen LogP contribution in [0.2, 0.25) is 0 Å². The topological polar surface area (TPSA) is 84.7 Å². The van der Waals surface area contributed by atoms with Gasteiger partial charge in [-0.3, -0.25) is 4.98 Å². The zero-order valence-corrected chi connectivity index (χ0v) is 11.7. The number of amides is 2. The number of carbonyl (C=O) groups is 1. The highest BCUT2D eigenvalue weighted by molar-refractivity contribution is 5.74. The van der Waals surface area contributed by atoms with Crippen molar-refractivity contribution < 1.29 is 4.79 Å². The van der Waals surface area contributed by atoms with E-state index in [2.05, 4.69) is 25.8 Å². The van der Waals surface area contributed by atoms with Crippen molar-refractivity contribution in [2.24, 2.45) is 7.05 Å². The Bertz CT molecular complexity index is 567. The van der Waals surface area contributed by atoms with Crippen LogP contribution in [0, 0.1) is 0 Å². The lowest BCUT2D eigenvalue weighted by Gasteiger charge is -2.17. The van der Waals surface area contributed by atoms with Gasteiger partial charge in [0, 0.05) is 19.4 Å². The summed E-state index contributed by atoms with van der Waals surface area (Å²) in [5, 5.41) is 13.4. The highest BCUT2D eigenvalue weighted by Gasteiger charge is 2.15. The molecule has 0 saturated carbocycles. The summed E-state index contributed by atoms with van der Waals surface area (Å²) in [5.41, 5.74) is 0.953. The van der Waals surface area contributed by atoms with Gasteiger partial charge < -0.3 is 15.2 Å². The van der Waals surface area contributed by atoms with Crippen molar-refractivity contribution in [2.45, 2.75) is 25.9 Å². The zero-order valence-electron chi connectivity index (χ0n) is 11.7. The summed E-state index contributed by atoms with van der Waals surface area (Å²) in [6.45, 7) is 3.77. The monoisotopic (exact) mass is 274 g/mol. The quantitative estimate of drug-likeness (QED) is 0.881. The standard InChI is InChI=1S/C13H18N6O/c1-9(11-5-4-6-14-7-11)16-13(20)17-10(2)12-18-15-8-19(12)3/h4-10H,1-3H3,(H2,16,17,20). The lowest BCUT2D eigenvalue weighted by atomic mass is 10.1. The summed E-state index contributed by atoms with van der Waals surface area (Å²) >= 11 is 0. The van der Waals surface area contributed by atoms with Crippen molar-refractivity contribution in [1.29, 1.82) is 0 Å². The number of nitrogens with zero attached hydrogens (tertiary/aromatic N) is 4. The second-order valence-electron chi connectivity index (χ2n) is 4.65. The van der Waals surface area contributed by atoms with Gasteiger partial charge in [0.2, 0.25) is 0 Å². The van der Waals surface area contributed by atoms with E-state index in [9.17, 15) is 4.79 Å². The molecule has 7 nitrogen and oxygen atoms in total. The van der Waals surface area contributed by atoms with Crippen molar-refractivity contribution in [3.8, 4) is 0 Å². The van der Waals surface area contributed by atoms with Crippen LogP contribution in [0.5, 0.6) is 0 Å². The van der Waals surface area contributed by atoms with E-state index in [1.165, 1.54) is 0 Å². The second-order valence-corrected chi connectivity index (χ2v) is 4.65. The van der Waals surface area contributed by atoms with Gasteiger partial charge in [0.05, 0.1) is 12.1 Å². The van der Waals surface area contributed by atoms with Crippen LogP contribution in [0.4, 0.5) is 4.79 Å². The summed E-state index contributed by atoms with van der Waals surface area (Å²) in [4.78, 5) is 16.0. The second kappa shape index (κ2) is 6.14. The van der Waals surface area contributed by atoms with E-state index in [1.54, 1.807) is 23.3 Å². The van der Waals surface area contributed by atoms with Gasteiger partial charge in [-0.1, -0.05) is 6.07 Å². The average molecular weight is 274 g/mol. The first-order chi connectivity index (χ1) is 9.58. The van der Waals surface area contributed by atoms with Gasteiger partial charge in [0.1, 0.15) is 6.33 Å². The van der Waals surface area contributed by atoms with E-state index in [0.29, 0.717) is 5.82 Å². The Hall–Kier alpha value is -2.44. The van der Waals surface area contributed by atoms with E-state index in [4.69, 9.17) is 0 Å². The molecule has 0 fully saturated rings. The third-order valence-corrected chi connectivity index (χ3v) is 3.01. The van der Waals surface area contributed by atoms with Crippen LogP contribution in [0.3, 0.4) is 0 Å². The molecule has 0 aliphatic carbocycles. The normalized spacial score (nSPS) is 13.6. The number of aromatic nitrogens is 4. The van der Waals surface area contributed by atoms with Crippen LogP contribution < -0.4 is 10.6 Å². The van der Waals surface area contributed by atoms with Crippen LogP contribution in [0.15, 0.2) is 30.9 Å². The van der Waals surface area contributed by atoms with Gasteiger partial charge in [-0.25, -0.2) is 4.79 Å². The van der Waals surface area contributed by atoms with Crippen LogP contribution in [-0.4, -0.2) is 25.8 Å². The molecule has 0 aliphatic rings. The molecular weight excluding hydrogens is 256 g/mol. The molecule has 2 amide bonds. The maximum atomic E-state index is 11.9. The molecular formula is C13H18N6O. The number of rotatable bonds is 4. The fourth-order valence-electron chi connectivity index (χ4n) is 1.90. The van der Waals surface area contributed by atoms with Crippen molar-refractivity contribution in [3.05, 3.63) is 42.2 Å². The Morgan fingerprint density at radius 2 is 2.05 bits per heavy atom. The molecule has 0 bridgehead atoms. The van der Waals surface area contributed by atoms with Crippen LogP contribution in [0.1, 0.15) is 37.3 Å². The summed E-state index contributed by atoms with van der Waals surface area (Å²) in [7, 11) is 1.84. The van der Waals surface area contributed by atoms with Crippen LogP contribution in [-0.2, 0) is 7.05 Å². The fourth-order valence-corrected chi connectivity index (χ4v) is 1.90. The van der Waals surface area contributed by atoms with E-state index >= 15 is 0 Å². The number of hydrogen-bond donors (Lipinski definition) is 2. The Morgan fingerprint density at radius 1 is 1.30 bits per heavy atom.